The third-order valence-electron chi connectivity index (χ3n) is 2.97. The fourth-order valence-electron chi connectivity index (χ4n) is 1.79. The Kier molecular flexibility index (Phi) is 5.85. The second-order valence-corrected chi connectivity index (χ2v) is 5.71. The number of nitriles is 1. The SMILES string of the molecule is CC(C)(CCCCl)CNC(=O)c1cccc(C#N)c1. The molecule has 0 saturated heterocycles. The Balaban J connectivity index is 2.58. The number of carbonyl (C=O) groups excluding carboxylic acids is 1. The van der Waals surface area contributed by atoms with Crippen molar-refractivity contribution in [3.8, 4) is 6.07 Å². The van der Waals surface area contributed by atoms with Crippen LogP contribution in [0.25, 0.3) is 0 Å². The lowest BCUT2D eigenvalue weighted by Crippen LogP contribution is -2.34. The molecule has 0 atom stereocenters. The maximum atomic E-state index is 12.0. The summed E-state index contributed by atoms with van der Waals surface area (Å²) in [6.07, 6.45) is 1.91. The second-order valence-electron chi connectivity index (χ2n) is 5.33. The first-order chi connectivity index (χ1) is 8.98. The zero-order chi connectivity index (χ0) is 14.3. The van der Waals surface area contributed by atoms with Crippen LogP contribution >= 0.6 is 11.6 Å². The highest BCUT2D eigenvalue weighted by Gasteiger charge is 2.18. The minimum Gasteiger partial charge on any atom is -0.352 e. The molecule has 0 aliphatic heterocycles. The number of hydrogen-bond acceptors (Lipinski definition) is 2. The number of alkyl halides is 1. The summed E-state index contributed by atoms with van der Waals surface area (Å²) in [4.78, 5) is 12.0. The molecule has 1 amide bonds. The first-order valence-electron chi connectivity index (χ1n) is 6.33. The van der Waals surface area contributed by atoms with Gasteiger partial charge in [-0.2, -0.15) is 5.26 Å². The number of rotatable bonds is 6. The number of nitrogens with one attached hydrogen (secondary N) is 1. The fraction of sp³-hybridized carbons (Fsp3) is 0.467. The van der Waals surface area contributed by atoms with Gasteiger partial charge in [-0.05, 0) is 36.5 Å². The number of hydrogen-bond donors (Lipinski definition) is 1. The van der Waals surface area contributed by atoms with E-state index in [0.717, 1.165) is 12.8 Å². The number of carbonyl (C=O) groups is 1. The van der Waals surface area contributed by atoms with Crippen molar-refractivity contribution in [2.75, 3.05) is 12.4 Å². The topological polar surface area (TPSA) is 52.9 Å². The molecule has 1 aromatic rings. The highest BCUT2D eigenvalue weighted by Crippen LogP contribution is 2.21. The van der Waals surface area contributed by atoms with E-state index in [4.69, 9.17) is 16.9 Å². The van der Waals surface area contributed by atoms with E-state index in [1.54, 1.807) is 24.3 Å². The largest absolute Gasteiger partial charge is 0.352 e. The van der Waals surface area contributed by atoms with E-state index in [1.807, 2.05) is 6.07 Å². The number of nitrogens with zero attached hydrogens (tertiary/aromatic N) is 1. The van der Waals surface area contributed by atoms with Gasteiger partial charge < -0.3 is 5.32 Å². The maximum Gasteiger partial charge on any atom is 0.251 e. The van der Waals surface area contributed by atoms with Crippen LogP contribution in [0.15, 0.2) is 24.3 Å². The lowest BCUT2D eigenvalue weighted by molar-refractivity contribution is 0.0934. The van der Waals surface area contributed by atoms with E-state index in [2.05, 4.69) is 19.2 Å². The fourth-order valence-corrected chi connectivity index (χ4v) is 1.92. The van der Waals surface area contributed by atoms with Gasteiger partial charge in [0.15, 0.2) is 0 Å². The Morgan fingerprint density at radius 2 is 2.21 bits per heavy atom. The monoisotopic (exact) mass is 278 g/mol. The maximum absolute atomic E-state index is 12.0. The van der Waals surface area contributed by atoms with Gasteiger partial charge in [-0.3, -0.25) is 4.79 Å². The molecule has 0 saturated carbocycles. The summed E-state index contributed by atoms with van der Waals surface area (Å²) in [5.74, 6) is 0.498. The van der Waals surface area contributed by atoms with Gasteiger partial charge in [-0.15, -0.1) is 11.6 Å². The van der Waals surface area contributed by atoms with Crippen molar-refractivity contribution >= 4 is 17.5 Å². The van der Waals surface area contributed by atoms with Crippen molar-refractivity contribution in [1.29, 1.82) is 5.26 Å². The lowest BCUT2D eigenvalue weighted by atomic mass is 9.88. The van der Waals surface area contributed by atoms with E-state index in [9.17, 15) is 4.79 Å². The summed E-state index contributed by atoms with van der Waals surface area (Å²) >= 11 is 5.68. The molecule has 102 valence electrons. The summed E-state index contributed by atoms with van der Waals surface area (Å²) in [5, 5.41) is 11.7. The van der Waals surface area contributed by atoms with Gasteiger partial charge in [0.25, 0.3) is 5.91 Å². The van der Waals surface area contributed by atoms with E-state index < -0.39 is 0 Å². The molecular formula is C15H19ClN2O. The van der Waals surface area contributed by atoms with E-state index in [0.29, 0.717) is 23.6 Å². The first kappa shape index (κ1) is 15.5. The Morgan fingerprint density at radius 1 is 1.47 bits per heavy atom. The molecule has 1 aromatic carbocycles. The van der Waals surface area contributed by atoms with Gasteiger partial charge in [-0.1, -0.05) is 19.9 Å². The van der Waals surface area contributed by atoms with Gasteiger partial charge in [-0.25, -0.2) is 0 Å². The van der Waals surface area contributed by atoms with Gasteiger partial charge in [0.1, 0.15) is 0 Å². The average Bonchev–Trinajstić information content (AvgIpc) is 2.43. The molecule has 4 heteroatoms. The summed E-state index contributed by atoms with van der Waals surface area (Å²) in [6.45, 7) is 4.80. The van der Waals surface area contributed by atoms with Crippen LogP contribution in [0.1, 0.15) is 42.6 Å². The summed E-state index contributed by atoms with van der Waals surface area (Å²) in [6, 6.07) is 8.73. The number of amides is 1. The van der Waals surface area contributed by atoms with E-state index in [-0.39, 0.29) is 11.3 Å². The van der Waals surface area contributed by atoms with Crippen molar-refractivity contribution in [1.82, 2.24) is 5.32 Å². The predicted molar refractivity (Wildman–Crippen MR) is 77.2 cm³/mol. The molecule has 0 aliphatic carbocycles. The second kappa shape index (κ2) is 7.16. The molecule has 0 radical (unpaired) electrons. The summed E-state index contributed by atoms with van der Waals surface area (Å²) in [5.41, 5.74) is 1.04. The van der Waals surface area contributed by atoms with Crippen LogP contribution < -0.4 is 5.32 Å². The number of benzene rings is 1. The highest BCUT2D eigenvalue weighted by molar-refractivity contribution is 6.17. The zero-order valence-corrected chi connectivity index (χ0v) is 12.1. The molecule has 19 heavy (non-hydrogen) atoms. The van der Waals surface area contributed by atoms with E-state index in [1.165, 1.54) is 0 Å². The smallest absolute Gasteiger partial charge is 0.251 e. The number of halogens is 1. The van der Waals surface area contributed by atoms with Crippen LogP contribution in [0, 0.1) is 16.7 Å². The highest BCUT2D eigenvalue weighted by atomic mass is 35.5. The van der Waals surface area contributed by atoms with Crippen LogP contribution in [0.5, 0.6) is 0 Å². The Morgan fingerprint density at radius 3 is 2.84 bits per heavy atom. The zero-order valence-electron chi connectivity index (χ0n) is 11.4. The standard InChI is InChI=1S/C15H19ClN2O/c1-15(2,7-4-8-16)11-18-14(19)13-6-3-5-12(9-13)10-17/h3,5-6,9H,4,7-8,11H2,1-2H3,(H,18,19). The van der Waals surface area contributed by atoms with Crippen molar-refractivity contribution < 1.29 is 4.79 Å². The molecular weight excluding hydrogens is 260 g/mol. The quantitative estimate of drug-likeness (QED) is 0.812. The third-order valence-corrected chi connectivity index (χ3v) is 3.24. The van der Waals surface area contributed by atoms with E-state index >= 15 is 0 Å². The Hall–Kier alpha value is -1.53. The van der Waals surface area contributed by atoms with Crippen LogP contribution in [0.2, 0.25) is 0 Å². The van der Waals surface area contributed by atoms with Gasteiger partial charge >= 0.3 is 0 Å². The Bertz CT molecular complexity index is 477. The molecule has 0 fully saturated rings. The summed E-state index contributed by atoms with van der Waals surface area (Å²) < 4.78 is 0. The lowest BCUT2D eigenvalue weighted by Gasteiger charge is -2.24. The van der Waals surface area contributed by atoms with Crippen molar-refractivity contribution in [2.45, 2.75) is 26.7 Å². The minimum absolute atomic E-state index is 0.0252. The van der Waals surface area contributed by atoms with Gasteiger partial charge in [0.05, 0.1) is 11.6 Å². The Labute approximate surface area is 119 Å². The molecule has 0 unspecified atom stereocenters. The molecule has 1 rings (SSSR count). The van der Waals surface area contributed by atoms with Gasteiger partial charge in [0, 0.05) is 18.0 Å². The average molecular weight is 279 g/mol. The minimum atomic E-state index is -0.143. The summed E-state index contributed by atoms with van der Waals surface area (Å²) in [7, 11) is 0. The molecule has 0 heterocycles. The van der Waals surface area contributed by atoms with Gasteiger partial charge in [0.2, 0.25) is 0 Å². The normalized spacial score (nSPS) is 10.8. The van der Waals surface area contributed by atoms with Crippen molar-refractivity contribution in [3.05, 3.63) is 35.4 Å². The predicted octanol–water partition coefficient (Wildman–Crippen LogP) is 3.33. The van der Waals surface area contributed by atoms with Crippen molar-refractivity contribution in [2.24, 2.45) is 5.41 Å². The molecule has 3 nitrogen and oxygen atoms in total. The third kappa shape index (κ3) is 5.32. The van der Waals surface area contributed by atoms with Crippen LogP contribution in [0.4, 0.5) is 0 Å². The van der Waals surface area contributed by atoms with Crippen LogP contribution in [-0.2, 0) is 0 Å². The molecule has 0 aromatic heterocycles. The first-order valence-corrected chi connectivity index (χ1v) is 6.86. The van der Waals surface area contributed by atoms with Crippen molar-refractivity contribution in [3.63, 3.8) is 0 Å². The molecule has 1 N–H and O–H groups in total. The van der Waals surface area contributed by atoms with Crippen LogP contribution in [0.3, 0.4) is 0 Å². The molecule has 0 aliphatic rings. The molecule has 0 bridgehead atoms. The van der Waals surface area contributed by atoms with Crippen LogP contribution in [-0.4, -0.2) is 18.3 Å². The molecule has 0 spiro atoms.